The molecule has 31 heavy (non-hydrogen) atoms. The number of hydrogen-bond acceptors (Lipinski definition) is 3. The summed E-state index contributed by atoms with van der Waals surface area (Å²) in [5.41, 5.74) is 1.16. The second kappa shape index (κ2) is 16.7. The molecule has 0 heterocycles. The van der Waals surface area contributed by atoms with Crippen molar-refractivity contribution in [1.29, 1.82) is 0 Å². The highest BCUT2D eigenvalue weighted by atomic mass is 16.5. The summed E-state index contributed by atoms with van der Waals surface area (Å²) < 4.78 is 17.6. The summed E-state index contributed by atoms with van der Waals surface area (Å²) in [6.45, 7) is 6.36. The molecule has 0 bridgehead atoms. The van der Waals surface area contributed by atoms with Crippen LogP contribution in [0.5, 0.6) is 11.5 Å². The summed E-state index contributed by atoms with van der Waals surface area (Å²) in [6, 6.07) is 18.0. The van der Waals surface area contributed by atoms with Crippen LogP contribution in [0.4, 0.5) is 0 Å². The van der Waals surface area contributed by atoms with Crippen molar-refractivity contribution in [3.05, 3.63) is 60.2 Å². The van der Waals surface area contributed by atoms with Crippen LogP contribution in [0.15, 0.2) is 54.6 Å². The first-order chi connectivity index (χ1) is 15.3. The fourth-order valence-corrected chi connectivity index (χ4v) is 3.56. The van der Waals surface area contributed by atoms with Gasteiger partial charge in [0, 0.05) is 6.61 Å². The Bertz CT molecular complexity index is 654. The van der Waals surface area contributed by atoms with Crippen molar-refractivity contribution in [2.45, 2.75) is 90.8 Å². The smallest absolute Gasteiger partial charge is 0.120 e. The minimum absolute atomic E-state index is 0.0409. The lowest BCUT2D eigenvalue weighted by atomic mass is 10.1. The molecule has 0 saturated heterocycles. The lowest BCUT2D eigenvalue weighted by Gasteiger charge is -2.15. The maximum absolute atomic E-state index is 5.95. The van der Waals surface area contributed by atoms with E-state index in [0.29, 0.717) is 13.2 Å². The molecule has 0 aromatic heterocycles. The van der Waals surface area contributed by atoms with Crippen LogP contribution in [0.1, 0.15) is 83.6 Å². The highest BCUT2D eigenvalue weighted by Gasteiger charge is 2.05. The second-order valence-corrected chi connectivity index (χ2v) is 8.43. The van der Waals surface area contributed by atoms with Crippen LogP contribution in [0.3, 0.4) is 0 Å². The standard InChI is InChI=1S/C28H42O3/c1-3-4-5-6-7-8-9-10-11-15-22-29-23-25(2)31-28-20-18-27(19-21-28)30-24-26-16-13-12-14-17-26/h12-14,16-21,25H,3-11,15,22-24H2,1-2H3/t25-/m1/s1. The Morgan fingerprint density at radius 3 is 1.90 bits per heavy atom. The molecule has 0 fully saturated rings. The summed E-state index contributed by atoms with van der Waals surface area (Å²) in [5.74, 6) is 1.70. The molecule has 0 N–H and O–H groups in total. The van der Waals surface area contributed by atoms with Crippen molar-refractivity contribution in [1.82, 2.24) is 0 Å². The van der Waals surface area contributed by atoms with E-state index < -0.39 is 0 Å². The molecule has 2 rings (SSSR count). The highest BCUT2D eigenvalue weighted by molar-refractivity contribution is 5.31. The van der Waals surface area contributed by atoms with Crippen LogP contribution >= 0.6 is 0 Å². The van der Waals surface area contributed by atoms with Crippen molar-refractivity contribution in [3.63, 3.8) is 0 Å². The largest absolute Gasteiger partial charge is 0.489 e. The number of hydrogen-bond donors (Lipinski definition) is 0. The third-order valence-corrected chi connectivity index (χ3v) is 5.40. The minimum atomic E-state index is 0.0409. The Morgan fingerprint density at radius 2 is 1.26 bits per heavy atom. The lowest BCUT2D eigenvalue weighted by molar-refractivity contribution is 0.0565. The summed E-state index contributed by atoms with van der Waals surface area (Å²) in [7, 11) is 0. The molecule has 0 radical (unpaired) electrons. The van der Waals surface area contributed by atoms with E-state index in [0.717, 1.165) is 30.1 Å². The van der Waals surface area contributed by atoms with Gasteiger partial charge >= 0.3 is 0 Å². The first kappa shape index (κ1) is 25.3. The van der Waals surface area contributed by atoms with Gasteiger partial charge in [-0.2, -0.15) is 0 Å². The molecule has 2 aromatic rings. The average Bonchev–Trinajstić information content (AvgIpc) is 2.80. The third-order valence-electron chi connectivity index (χ3n) is 5.40. The molecule has 2 aromatic carbocycles. The van der Waals surface area contributed by atoms with Gasteiger partial charge < -0.3 is 14.2 Å². The summed E-state index contributed by atoms with van der Waals surface area (Å²) >= 11 is 0. The van der Waals surface area contributed by atoms with E-state index >= 15 is 0 Å². The Balaban J connectivity index is 1.46. The van der Waals surface area contributed by atoms with E-state index in [1.165, 1.54) is 57.8 Å². The van der Waals surface area contributed by atoms with Gasteiger partial charge in [0.25, 0.3) is 0 Å². The van der Waals surface area contributed by atoms with E-state index in [1.807, 2.05) is 42.5 Å². The molecule has 0 amide bonds. The topological polar surface area (TPSA) is 27.7 Å². The van der Waals surface area contributed by atoms with E-state index in [1.54, 1.807) is 0 Å². The van der Waals surface area contributed by atoms with Crippen molar-refractivity contribution in [2.75, 3.05) is 13.2 Å². The van der Waals surface area contributed by atoms with Gasteiger partial charge in [0.2, 0.25) is 0 Å². The Hall–Kier alpha value is -2.00. The molecular weight excluding hydrogens is 384 g/mol. The van der Waals surface area contributed by atoms with Crippen molar-refractivity contribution >= 4 is 0 Å². The second-order valence-electron chi connectivity index (χ2n) is 8.43. The van der Waals surface area contributed by atoms with Crippen molar-refractivity contribution in [3.8, 4) is 11.5 Å². The van der Waals surface area contributed by atoms with Gasteiger partial charge in [-0.05, 0) is 43.2 Å². The molecule has 3 heteroatoms. The summed E-state index contributed by atoms with van der Waals surface area (Å²) in [5, 5.41) is 0. The predicted octanol–water partition coefficient (Wildman–Crippen LogP) is 7.97. The first-order valence-electron chi connectivity index (χ1n) is 12.3. The maximum Gasteiger partial charge on any atom is 0.120 e. The van der Waals surface area contributed by atoms with Crippen molar-refractivity contribution in [2.24, 2.45) is 0 Å². The van der Waals surface area contributed by atoms with Gasteiger partial charge in [-0.15, -0.1) is 0 Å². The first-order valence-corrected chi connectivity index (χ1v) is 12.3. The van der Waals surface area contributed by atoms with Gasteiger partial charge in [-0.25, -0.2) is 0 Å². The molecule has 1 atom stereocenters. The molecular formula is C28H42O3. The Kier molecular flexibility index (Phi) is 13.6. The summed E-state index contributed by atoms with van der Waals surface area (Å²) in [6.07, 6.45) is 13.5. The molecule has 0 aliphatic heterocycles. The molecule has 0 unspecified atom stereocenters. The monoisotopic (exact) mass is 426 g/mol. The van der Waals surface area contributed by atoms with Gasteiger partial charge in [0.05, 0.1) is 6.61 Å². The fourth-order valence-electron chi connectivity index (χ4n) is 3.56. The quantitative estimate of drug-likeness (QED) is 0.226. The van der Waals surface area contributed by atoms with E-state index in [4.69, 9.17) is 14.2 Å². The Labute approximate surface area is 190 Å². The van der Waals surface area contributed by atoms with E-state index in [9.17, 15) is 0 Å². The average molecular weight is 427 g/mol. The molecule has 0 spiro atoms. The molecule has 0 saturated carbocycles. The zero-order valence-electron chi connectivity index (χ0n) is 19.7. The number of benzene rings is 2. The molecule has 3 nitrogen and oxygen atoms in total. The number of unbranched alkanes of at least 4 members (excludes halogenated alkanes) is 9. The highest BCUT2D eigenvalue weighted by Crippen LogP contribution is 2.20. The Morgan fingerprint density at radius 1 is 0.677 bits per heavy atom. The zero-order chi connectivity index (χ0) is 22.0. The van der Waals surface area contributed by atoms with Crippen LogP contribution < -0.4 is 9.47 Å². The molecule has 172 valence electrons. The van der Waals surface area contributed by atoms with Crippen molar-refractivity contribution < 1.29 is 14.2 Å². The van der Waals surface area contributed by atoms with Gasteiger partial charge in [0.1, 0.15) is 24.2 Å². The number of ether oxygens (including phenoxy) is 3. The SMILES string of the molecule is CCCCCCCCCCCCOC[C@@H](C)Oc1ccc(OCc2ccccc2)cc1. The maximum atomic E-state index is 5.95. The van der Waals surface area contributed by atoms with Crippen LogP contribution in [0, 0.1) is 0 Å². The fraction of sp³-hybridized carbons (Fsp3) is 0.571. The number of rotatable bonds is 18. The normalized spacial score (nSPS) is 11.9. The minimum Gasteiger partial charge on any atom is -0.489 e. The van der Waals surface area contributed by atoms with Crippen LogP contribution in [0.25, 0.3) is 0 Å². The van der Waals surface area contributed by atoms with Crippen LogP contribution in [0.2, 0.25) is 0 Å². The van der Waals surface area contributed by atoms with Crippen LogP contribution in [-0.2, 0) is 11.3 Å². The van der Waals surface area contributed by atoms with Gasteiger partial charge in [-0.1, -0.05) is 95.0 Å². The molecule has 0 aliphatic rings. The summed E-state index contributed by atoms with van der Waals surface area (Å²) in [4.78, 5) is 0. The third kappa shape index (κ3) is 12.4. The lowest BCUT2D eigenvalue weighted by Crippen LogP contribution is -2.19. The zero-order valence-corrected chi connectivity index (χ0v) is 19.7. The predicted molar refractivity (Wildman–Crippen MR) is 130 cm³/mol. The van der Waals surface area contributed by atoms with Gasteiger partial charge in [-0.3, -0.25) is 0 Å². The van der Waals surface area contributed by atoms with E-state index in [2.05, 4.69) is 26.0 Å². The molecule has 0 aliphatic carbocycles. The van der Waals surface area contributed by atoms with E-state index in [-0.39, 0.29) is 6.10 Å². The van der Waals surface area contributed by atoms with Gasteiger partial charge in [0.15, 0.2) is 0 Å². The van der Waals surface area contributed by atoms with Crippen LogP contribution in [-0.4, -0.2) is 19.3 Å².